The van der Waals surface area contributed by atoms with Crippen LogP contribution in [0, 0.1) is 0 Å². The van der Waals surface area contributed by atoms with Crippen LogP contribution in [0.5, 0.6) is 11.5 Å². The van der Waals surface area contributed by atoms with E-state index in [1.807, 2.05) is 0 Å². The molecule has 2 N–H and O–H groups in total. The van der Waals surface area contributed by atoms with Gasteiger partial charge in [0, 0.05) is 5.56 Å². The number of hydrogen-bond acceptors (Lipinski definition) is 3. The van der Waals surface area contributed by atoms with Crippen LogP contribution in [0.2, 0.25) is 0 Å². The van der Waals surface area contributed by atoms with Crippen molar-refractivity contribution in [3.05, 3.63) is 35.9 Å². The van der Waals surface area contributed by atoms with Gasteiger partial charge in [-0.3, -0.25) is 0 Å². The lowest BCUT2D eigenvalue weighted by Gasteiger charge is -2.12. The molecule has 0 aliphatic rings. The maximum absolute atomic E-state index is 9.50. The zero-order valence-corrected chi connectivity index (χ0v) is 8.16. The Balaban J connectivity index is 3.27. The van der Waals surface area contributed by atoms with Gasteiger partial charge in [0.1, 0.15) is 0 Å². The highest BCUT2D eigenvalue weighted by Gasteiger charge is 2.11. The second-order valence-electron chi connectivity index (χ2n) is 2.91. The van der Waals surface area contributed by atoms with Crippen LogP contribution in [0.1, 0.15) is 11.1 Å². The zero-order valence-electron chi connectivity index (χ0n) is 8.16. The maximum Gasteiger partial charge on any atom is 0.164 e. The van der Waals surface area contributed by atoms with Crippen molar-refractivity contribution in [3.8, 4) is 11.5 Å². The van der Waals surface area contributed by atoms with Crippen LogP contribution in [0.15, 0.2) is 24.8 Å². The largest absolute Gasteiger partial charge is 0.504 e. The lowest BCUT2D eigenvalue weighted by molar-refractivity contribution is 0.279. The molecular formula is C11H14O3. The first-order valence-electron chi connectivity index (χ1n) is 4.34. The SMILES string of the molecule is C=CCc1c(CO)ccc(O)c1OC. The lowest BCUT2D eigenvalue weighted by atomic mass is 10.0. The molecule has 76 valence electrons. The van der Waals surface area contributed by atoms with Crippen LogP contribution < -0.4 is 4.74 Å². The highest BCUT2D eigenvalue weighted by Crippen LogP contribution is 2.33. The van der Waals surface area contributed by atoms with Crippen LogP contribution in [0.3, 0.4) is 0 Å². The van der Waals surface area contributed by atoms with E-state index in [9.17, 15) is 5.11 Å². The normalized spacial score (nSPS) is 9.86. The van der Waals surface area contributed by atoms with Gasteiger partial charge in [-0.05, 0) is 18.1 Å². The van der Waals surface area contributed by atoms with E-state index in [0.717, 1.165) is 11.1 Å². The van der Waals surface area contributed by atoms with Crippen molar-refractivity contribution in [1.29, 1.82) is 0 Å². The molecule has 14 heavy (non-hydrogen) atoms. The Kier molecular flexibility index (Phi) is 3.54. The van der Waals surface area contributed by atoms with Crippen molar-refractivity contribution in [1.82, 2.24) is 0 Å². The Labute approximate surface area is 83.3 Å². The zero-order chi connectivity index (χ0) is 10.6. The van der Waals surface area contributed by atoms with Gasteiger partial charge < -0.3 is 14.9 Å². The molecule has 0 aromatic heterocycles. The van der Waals surface area contributed by atoms with Crippen LogP contribution in [0.4, 0.5) is 0 Å². The molecule has 0 fully saturated rings. The fourth-order valence-electron chi connectivity index (χ4n) is 1.40. The molecule has 0 saturated heterocycles. The number of aromatic hydroxyl groups is 1. The number of phenols is 1. The van der Waals surface area contributed by atoms with Gasteiger partial charge in [-0.2, -0.15) is 0 Å². The molecule has 0 aliphatic carbocycles. The van der Waals surface area contributed by atoms with Crippen molar-refractivity contribution >= 4 is 0 Å². The monoisotopic (exact) mass is 194 g/mol. The van der Waals surface area contributed by atoms with E-state index >= 15 is 0 Å². The summed E-state index contributed by atoms with van der Waals surface area (Å²) in [5.41, 5.74) is 1.53. The molecule has 0 atom stereocenters. The molecule has 3 heteroatoms. The molecular weight excluding hydrogens is 180 g/mol. The van der Waals surface area contributed by atoms with Crippen LogP contribution in [0.25, 0.3) is 0 Å². The van der Waals surface area contributed by atoms with Crippen LogP contribution in [-0.2, 0) is 13.0 Å². The number of allylic oxidation sites excluding steroid dienone is 1. The first-order valence-corrected chi connectivity index (χ1v) is 4.34. The molecule has 0 saturated carbocycles. The number of ether oxygens (including phenoxy) is 1. The molecule has 0 heterocycles. The summed E-state index contributed by atoms with van der Waals surface area (Å²) in [4.78, 5) is 0. The molecule has 1 rings (SSSR count). The highest BCUT2D eigenvalue weighted by molar-refractivity contribution is 5.50. The maximum atomic E-state index is 9.50. The Morgan fingerprint density at radius 2 is 2.21 bits per heavy atom. The van der Waals surface area contributed by atoms with Gasteiger partial charge in [0.25, 0.3) is 0 Å². The molecule has 1 aromatic carbocycles. The number of rotatable bonds is 4. The fraction of sp³-hybridized carbons (Fsp3) is 0.273. The predicted octanol–water partition coefficient (Wildman–Crippen LogP) is 1.62. The van der Waals surface area contributed by atoms with Gasteiger partial charge in [-0.25, -0.2) is 0 Å². The number of aliphatic hydroxyl groups is 1. The Hall–Kier alpha value is -1.48. The average Bonchev–Trinajstić information content (AvgIpc) is 2.19. The molecule has 0 aliphatic heterocycles. The van der Waals surface area contributed by atoms with Crippen molar-refractivity contribution in [3.63, 3.8) is 0 Å². The number of benzene rings is 1. The smallest absolute Gasteiger partial charge is 0.164 e. The minimum Gasteiger partial charge on any atom is -0.504 e. The Bertz CT molecular complexity index is 332. The third-order valence-corrected chi connectivity index (χ3v) is 2.06. The van der Waals surface area contributed by atoms with Gasteiger partial charge in [-0.1, -0.05) is 12.1 Å². The standard InChI is InChI=1S/C11H14O3/c1-3-4-9-8(7-12)5-6-10(13)11(9)14-2/h3,5-6,12-13H,1,4,7H2,2H3. The van der Waals surface area contributed by atoms with Gasteiger partial charge >= 0.3 is 0 Å². The lowest BCUT2D eigenvalue weighted by Crippen LogP contribution is -1.97. The van der Waals surface area contributed by atoms with E-state index in [2.05, 4.69) is 6.58 Å². The number of phenolic OH excluding ortho intramolecular Hbond substituents is 1. The van der Waals surface area contributed by atoms with Crippen LogP contribution in [-0.4, -0.2) is 17.3 Å². The Morgan fingerprint density at radius 1 is 1.50 bits per heavy atom. The molecule has 3 nitrogen and oxygen atoms in total. The molecule has 0 bridgehead atoms. The first kappa shape index (κ1) is 10.6. The van der Waals surface area contributed by atoms with E-state index in [1.165, 1.54) is 13.2 Å². The van der Waals surface area contributed by atoms with Gasteiger partial charge in [0.15, 0.2) is 11.5 Å². The minimum atomic E-state index is -0.0696. The summed E-state index contributed by atoms with van der Waals surface area (Å²) < 4.78 is 5.06. The van der Waals surface area contributed by atoms with Crippen molar-refractivity contribution in [2.75, 3.05) is 7.11 Å². The quantitative estimate of drug-likeness (QED) is 0.716. The van der Waals surface area contributed by atoms with Gasteiger partial charge in [0.05, 0.1) is 13.7 Å². The van der Waals surface area contributed by atoms with Gasteiger partial charge in [-0.15, -0.1) is 6.58 Å². The summed E-state index contributed by atoms with van der Waals surface area (Å²) in [7, 11) is 1.49. The molecule has 1 aromatic rings. The van der Waals surface area contributed by atoms with E-state index in [0.29, 0.717) is 12.2 Å². The highest BCUT2D eigenvalue weighted by atomic mass is 16.5. The van der Waals surface area contributed by atoms with E-state index in [-0.39, 0.29) is 12.4 Å². The van der Waals surface area contributed by atoms with E-state index < -0.39 is 0 Å². The summed E-state index contributed by atoms with van der Waals surface area (Å²) >= 11 is 0. The van der Waals surface area contributed by atoms with Crippen molar-refractivity contribution in [2.45, 2.75) is 13.0 Å². The predicted molar refractivity (Wildman–Crippen MR) is 54.5 cm³/mol. The Morgan fingerprint density at radius 3 is 2.71 bits per heavy atom. The number of hydrogen-bond donors (Lipinski definition) is 2. The van der Waals surface area contributed by atoms with Gasteiger partial charge in [0.2, 0.25) is 0 Å². The van der Waals surface area contributed by atoms with Crippen molar-refractivity contribution < 1.29 is 14.9 Å². The third-order valence-electron chi connectivity index (χ3n) is 2.06. The molecule has 0 unspecified atom stereocenters. The summed E-state index contributed by atoms with van der Waals surface area (Å²) in [5.74, 6) is 0.498. The molecule has 0 radical (unpaired) electrons. The average molecular weight is 194 g/mol. The summed E-state index contributed by atoms with van der Waals surface area (Å²) in [5, 5.41) is 18.6. The topological polar surface area (TPSA) is 49.7 Å². The van der Waals surface area contributed by atoms with E-state index in [1.54, 1.807) is 12.1 Å². The molecule has 0 amide bonds. The number of methoxy groups -OCH3 is 1. The summed E-state index contributed by atoms with van der Waals surface area (Å²) in [6.07, 6.45) is 2.27. The molecule has 0 spiro atoms. The fourth-order valence-corrected chi connectivity index (χ4v) is 1.40. The summed E-state index contributed by atoms with van der Waals surface area (Å²) in [6, 6.07) is 3.19. The summed E-state index contributed by atoms with van der Waals surface area (Å²) in [6.45, 7) is 3.55. The third kappa shape index (κ3) is 1.88. The van der Waals surface area contributed by atoms with E-state index in [4.69, 9.17) is 9.84 Å². The second-order valence-corrected chi connectivity index (χ2v) is 2.91. The van der Waals surface area contributed by atoms with Crippen LogP contribution >= 0.6 is 0 Å². The minimum absolute atomic E-state index is 0.0696. The number of aliphatic hydroxyl groups excluding tert-OH is 1. The second kappa shape index (κ2) is 4.67. The first-order chi connectivity index (χ1) is 6.74. The van der Waals surface area contributed by atoms with Crippen molar-refractivity contribution in [2.24, 2.45) is 0 Å².